The first-order chi connectivity index (χ1) is 16.3. The standard InChI is InChI=1S/C23H22N2O9S/c1-13-6-14(2)20(15(3)7-13)35(32,33)23-11-22(23,5-4-19(23)26)12-34-21(27)16-8-17(24(28)29)10-18(9-16)25(30)31/h6-10H,4-5,11-12H2,1-3H3/t22-,23+/m1/s1. The number of ether oxygens (including phenoxy) is 1. The highest BCUT2D eigenvalue weighted by atomic mass is 32.2. The number of benzene rings is 2. The Kier molecular flexibility index (Phi) is 5.55. The van der Waals surface area contributed by atoms with E-state index >= 15 is 0 Å². The van der Waals surface area contributed by atoms with Crippen LogP contribution in [0.15, 0.2) is 35.2 Å². The van der Waals surface area contributed by atoms with Crippen molar-refractivity contribution in [3.63, 3.8) is 0 Å². The monoisotopic (exact) mass is 502 g/mol. The molecule has 0 unspecified atom stereocenters. The molecule has 0 heterocycles. The highest BCUT2D eigenvalue weighted by molar-refractivity contribution is 7.94. The van der Waals surface area contributed by atoms with Crippen molar-refractivity contribution in [3.8, 4) is 0 Å². The quantitative estimate of drug-likeness (QED) is 0.313. The lowest BCUT2D eigenvalue weighted by Gasteiger charge is -2.21. The van der Waals surface area contributed by atoms with Crippen molar-refractivity contribution in [2.75, 3.05) is 6.61 Å². The summed E-state index contributed by atoms with van der Waals surface area (Å²) in [7, 11) is -4.12. The molecule has 0 aromatic heterocycles. The minimum absolute atomic E-state index is 0.00368. The number of nitrogens with zero attached hydrogens (tertiary/aromatic N) is 2. The maximum Gasteiger partial charge on any atom is 0.338 e. The Morgan fingerprint density at radius 3 is 2.06 bits per heavy atom. The average Bonchev–Trinajstić information content (AvgIpc) is 3.37. The van der Waals surface area contributed by atoms with Gasteiger partial charge < -0.3 is 4.74 Å². The van der Waals surface area contributed by atoms with Crippen LogP contribution in [-0.4, -0.2) is 41.4 Å². The van der Waals surface area contributed by atoms with Gasteiger partial charge in [0.15, 0.2) is 15.6 Å². The highest BCUT2D eigenvalue weighted by Gasteiger charge is 2.82. The summed E-state index contributed by atoms with van der Waals surface area (Å²) in [5.41, 5.74) is -0.906. The topological polar surface area (TPSA) is 164 Å². The summed E-state index contributed by atoms with van der Waals surface area (Å²) in [6, 6.07) is 5.88. The van der Waals surface area contributed by atoms with Gasteiger partial charge in [-0.25, -0.2) is 13.2 Å². The van der Waals surface area contributed by atoms with E-state index in [-0.39, 0.29) is 24.2 Å². The van der Waals surface area contributed by atoms with E-state index in [9.17, 15) is 38.2 Å². The Balaban J connectivity index is 1.65. The lowest BCUT2D eigenvalue weighted by molar-refractivity contribution is -0.394. The number of carbonyl (C=O) groups excluding carboxylic acids is 2. The zero-order valence-corrected chi connectivity index (χ0v) is 20.0. The molecule has 0 N–H and O–H groups in total. The molecular formula is C23H22N2O9S. The summed E-state index contributed by atoms with van der Waals surface area (Å²) >= 11 is 0. The molecule has 2 atom stereocenters. The summed E-state index contributed by atoms with van der Waals surface area (Å²) in [6.07, 6.45) is 0.219. The summed E-state index contributed by atoms with van der Waals surface area (Å²) < 4.78 is 31.2. The van der Waals surface area contributed by atoms with E-state index in [0.717, 1.165) is 23.8 Å². The molecule has 0 saturated heterocycles. The number of rotatable bonds is 7. The summed E-state index contributed by atoms with van der Waals surface area (Å²) in [6.45, 7) is 4.77. The third-order valence-electron chi connectivity index (χ3n) is 6.97. The molecule has 0 radical (unpaired) electrons. The summed E-state index contributed by atoms with van der Waals surface area (Å²) in [5.74, 6) is -1.51. The molecule has 0 amide bonds. The molecule has 2 aromatic rings. The van der Waals surface area contributed by atoms with Gasteiger partial charge in [-0.15, -0.1) is 0 Å². The fourth-order valence-electron chi connectivity index (χ4n) is 5.42. The number of sulfone groups is 1. The number of aryl methyl sites for hydroxylation is 3. The van der Waals surface area contributed by atoms with Crippen molar-refractivity contribution in [3.05, 3.63) is 72.8 Å². The SMILES string of the molecule is Cc1cc(C)c(S(=O)(=O)[C@]23C[C@@]2(COC(=O)c2cc([N+](=O)[O-])cc([N+](=O)[O-])c2)CCC3=O)c(C)c1. The first kappa shape index (κ1) is 24.5. The molecule has 2 saturated carbocycles. The number of carbonyl (C=O) groups is 2. The van der Waals surface area contributed by atoms with Gasteiger partial charge in [-0.1, -0.05) is 17.7 Å². The van der Waals surface area contributed by atoms with Crippen LogP contribution in [0.4, 0.5) is 11.4 Å². The van der Waals surface area contributed by atoms with Gasteiger partial charge in [-0.3, -0.25) is 25.0 Å². The molecule has 2 aliphatic rings. The number of hydrogen-bond acceptors (Lipinski definition) is 9. The zero-order valence-electron chi connectivity index (χ0n) is 19.2. The van der Waals surface area contributed by atoms with Crippen molar-refractivity contribution in [2.24, 2.45) is 5.41 Å². The molecule has 4 rings (SSSR count). The predicted octanol–water partition coefficient (Wildman–Crippen LogP) is 3.55. The van der Waals surface area contributed by atoms with Gasteiger partial charge in [0.05, 0.1) is 33.0 Å². The van der Waals surface area contributed by atoms with Gasteiger partial charge in [0.2, 0.25) is 0 Å². The van der Waals surface area contributed by atoms with Crippen molar-refractivity contribution < 1.29 is 32.6 Å². The Labute approximate surface area is 200 Å². The molecular weight excluding hydrogens is 480 g/mol. The number of esters is 1. The number of non-ortho nitro benzene ring substituents is 2. The molecule has 2 aliphatic carbocycles. The van der Waals surface area contributed by atoms with Crippen molar-refractivity contribution in [2.45, 2.75) is 49.7 Å². The van der Waals surface area contributed by atoms with Gasteiger partial charge in [0.1, 0.15) is 4.75 Å². The van der Waals surface area contributed by atoms with E-state index in [1.807, 2.05) is 6.92 Å². The number of hydrogen-bond donors (Lipinski definition) is 0. The minimum atomic E-state index is -4.12. The molecule has 184 valence electrons. The molecule has 2 fully saturated rings. The summed E-state index contributed by atoms with van der Waals surface area (Å²) in [4.78, 5) is 46.2. The lowest BCUT2D eigenvalue weighted by Crippen LogP contribution is -2.36. The first-order valence-electron chi connectivity index (χ1n) is 10.7. The van der Waals surface area contributed by atoms with Crippen LogP contribution in [0.2, 0.25) is 0 Å². The van der Waals surface area contributed by atoms with Crippen LogP contribution in [0.5, 0.6) is 0 Å². The van der Waals surface area contributed by atoms with E-state index in [4.69, 9.17) is 4.74 Å². The second kappa shape index (κ2) is 7.94. The van der Waals surface area contributed by atoms with E-state index in [1.165, 1.54) is 0 Å². The smallest absolute Gasteiger partial charge is 0.338 e. The van der Waals surface area contributed by atoms with E-state index in [1.54, 1.807) is 26.0 Å². The van der Waals surface area contributed by atoms with Crippen LogP contribution < -0.4 is 0 Å². The van der Waals surface area contributed by atoms with E-state index in [0.29, 0.717) is 11.1 Å². The normalized spacial score (nSPS) is 23.0. The fourth-order valence-corrected chi connectivity index (χ4v) is 8.33. The van der Waals surface area contributed by atoms with Gasteiger partial charge in [0, 0.05) is 24.0 Å². The van der Waals surface area contributed by atoms with E-state index < -0.39 is 65.1 Å². The maximum atomic E-state index is 13.8. The second-order valence-corrected chi connectivity index (χ2v) is 11.4. The predicted molar refractivity (Wildman–Crippen MR) is 122 cm³/mol. The second-order valence-electron chi connectivity index (χ2n) is 9.27. The zero-order chi connectivity index (χ0) is 25.9. The Morgan fingerprint density at radius 1 is 1.00 bits per heavy atom. The molecule has 2 aromatic carbocycles. The van der Waals surface area contributed by atoms with Gasteiger partial charge in [-0.2, -0.15) is 0 Å². The minimum Gasteiger partial charge on any atom is -0.461 e. The third-order valence-corrected chi connectivity index (χ3v) is 9.88. The Hall–Kier alpha value is -3.67. The molecule has 11 nitrogen and oxygen atoms in total. The van der Waals surface area contributed by atoms with Crippen LogP contribution in [0.3, 0.4) is 0 Å². The van der Waals surface area contributed by atoms with Gasteiger partial charge in [-0.05, 0) is 44.7 Å². The number of fused-ring (bicyclic) bond motifs is 1. The van der Waals surface area contributed by atoms with Gasteiger partial charge >= 0.3 is 5.97 Å². The van der Waals surface area contributed by atoms with Crippen LogP contribution in [0.1, 0.15) is 46.3 Å². The molecule has 0 aliphatic heterocycles. The Bertz CT molecular complexity index is 1380. The van der Waals surface area contributed by atoms with Crippen LogP contribution in [0, 0.1) is 46.4 Å². The molecule has 12 heteroatoms. The third kappa shape index (κ3) is 3.59. The largest absolute Gasteiger partial charge is 0.461 e. The molecule has 0 spiro atoms. The van der Waals surface area contributed by atoms with Gasteiger partial charge in [0.25, 0.3) is 11.4 Å². The first-order valence-corrected chi connectivity index (χ1v) is 12.2. The van der Waals surface area contributed by atoms with Crippen molar-refractivity contribution in [1.29, 1.82) is 0 Å². The number of nitro benzene ring substituents is 2. The van der Waals surface area contributed by atoms with Crippen LogP contribution in [-0.2, 0) is 19.4 Å². The molecule has 35 heavy (non-hydrogen) atoms. The molecule has 0 bridgehead atoms. The van der Waals surface area contributed by atoms with Crippen LogP contribution >= 0.6 is 0 Å². The van der Waals surface area contributed by atoms with Crippen molar-refractivity contribution >= 4 is 33.0 Å². The number of nitro groups is 2. The van der Waals surface area contributed by atoms with E-state index in [2.05, 4.69) is 0 Å². The van der Waals surface area contributed by atoms with Crippen molar-refractivity contribution in [1.82, 2.24) is 0 Å². The average molecular weight is 503 g/mol. The maximum absolute atomic E-state index is 13.8. The lowest BCUT2D eigenvalue weighted by atomic mass is 10.1. The number of Topliss-reactive ketones (excluding diaryl/α,β-unsaturated/α-hetero) is 1. The fraction of sp³-hybridized carbons (Fsp3) is 0.391. The van der Waals surface area contributed by atoms with Crippen LogP contribution in [0.25, 0.3) is 0 Å². The summed E-state index contributed by atoms with van der Waals surface area (Å²) in [5, 5.41) is 22.2. The number of ketones is 1. The Morgan fingerprint density at radius 2 is 1.54 bits per heavy atom. The highest BCUT2D eigenvalue weighted by Crippen LogP contribution is 2.70.